The Morgan fingerprint density at radius 3 is 2.56 bits per heavy atom. The number of aliphatic hydroxyl groups excluding tert-OH is 1. The average Bonchev–Trinajstić information content (AvgIpc) is 3.01. The molecule has 1 aromatic carbocycles. The fraction of sp³-hybridized carbons (Fsp3) is 0.588. The van der Waals surface area contributed by atoms with E-state index in [2.05, 4.69) is 10.2 Å². The van der Waals surface area contributed by atoms with Gasteiger partial charge in [-0.1, -0.05) is 18.2 Å². The molecule has 0 saturated carbocycles. The number of carbonyl (C=O) groups excluding carboxylic acids is 1. The minimum absolute atomic E-state index is 0.00438. The number of rotatable bonds is 3. The molecule has 2 unspecified atom stereocenters. The molecule has 0 spiro atoms. The van der Waals surface area contributed by atoms with Gasteiger partial charge in [-0.05, 0) is 18.1 Å². The quantitative estimate of drug-likeness (QED) is 0.850. The molecular formula is C17H22F3N3O2. The van der Waals surface area contributed by atoms with Gasteiger partial charge in [-0.2, -0.15) is 13.2 Å². The lowest BCUT2D eigenvalue weighted by molar-refractivity contribution is -0.138. The molecule has 0 aromatic heterocycles. The van der Waals surface area contributed by atoms with Crippen LogP contribution in [-0.4, -0.2) is 65.7 Å². The van der Waals surface area contributed by atoms with Crippen molar-refractivity contribution in [2.24, 2.45) is 0 Å². The molecule has 8 heteroatoms. The molecule has 138 valence electrons. The van der Waals surface area contributed by atoms with Crippen molar-refractivity contribution in [3.63, 3.8) is 0 Å². The second kappa shape index (κ2) is 7.31. The summed E-state index contributed by atoms with van der Waals surface area (Å²) in [4.78, 5) is 16.2. The minimum Gasteiger partial charge on any atom is -0.392 e. The third-order valence-electron chi connectivity index (χ3n) is 4.75. The van der Waals surface area contributed by atoms with Crippen LogP contribution in [0.25, 0.3) is 0 Å². The zero-order valence-electron chi connectivity index (χ0n) is 13.8. The molecule has 2 saturated heterocycles. The zero-order valence-corrected chi connectivity index (χ0v) is 13.8. The van der Waals surface area contributed by atoms with E-state index in [1.807, 2.05) is 0 Å². The predicted molar refractivity (Wildman–Crippen MR) is 85.7 cm³/mol. The van der Waals surface area contributed by atoms with E-state index >= 15 is 0 Å². The summed E-state index contributed by atoms with van der Waals surface area (Å²) in [6.45, 7) is 3.21. The van der Waals surface area contributed by atoms with E-state index in [9.17, 15) is 23.1 Å². The Labute approximate surface area is 144 Å². The van der Waals surface area contributed by atoms with E-state index in [1.54, 1.807) is 11.0 Å². The number of nitrogens with zero attached hydrogens (tertiary/aromatic N) is 2. The van der Waals surface area contributed by atoms with Crippen LogP contribution in [-0.2, 0) is 17.5 Å². The van der Waals surface area contributed by atoms with Crippen LogP contribution < -0.4 is 5.32 Å². The van der Waals surface area contributed by atoms with Gasteiger partial charge in [0.25, 0.3) is 0 Å². The van der Waals surface area contributed by atoms with Crippen molar-refractivity contribution >= 4 is 5.91 Å². The molecule has 5 nitrogen and oxygen atoms in total. The molecule has 25 heavy (non-hydrogen) atoms. The Bertz CT molecular complexity index is 615. The molecule has 2 atom stereocenters. The fourth-order valence-corrected chi connectivity index (χ4v) is 3.36. The maximum Gasteiger partial charge on any atom is 0.416 e. The maximum absolute atomic E-state index is 12.8. The summed E-state index contributed by atoms with van der Waals surface area (Å²) in [5.41, 5.74) is -0.0140. The minimum atomic E-state index is -4.33. The SMILES string of the molecule is O=C(C1CC(O)CN1)N1CCN(Cc2cccc(C(F)(F)F)c2)CC1. The van der Waals surface area contributed by atoms with Crippen molar-refractivity contribution in [1.29, 1.82) is 0 Å². The Morgan fingerprint density at radius 2 is 1.96 bits per heavy atom. The summed E-state index contributed by atoms with van der Waals surface area (Å²) in [5, 5.41) is 12.5. The Morgan fingerprint density at radius 1 is 1.24 bits per heavy atom. The van der Waals surface area contributed by atoms with Crippen molar-refractivity contribution in [2.45, 2.75) is 31.3 Å². The molecule has 0 radical (unpaired) electrons. The standard InChI is InChI=1S/C17H22F3N3O2/c18-17(19,20)13-3-1-2-12(8-13)11-22-4-6-23(7-5-22)16(25)15-9-14(24)10-21-15/h1-3,8,14-15,21,24H,4-7,9-11H2. The second-order valence-corrected chi connectivity index (χ2v) is 6.65. The first-order chi connectivity index (χ1) is 11.8. The van der Waals surface area contributed by atoms with Crippen molar-refractivity contribution in [3.05, 3.63) is 35.4 Å². The summed E-state index contributed by atoms with van der Waals surface area (Å²) in [5.74, 6) is -0.00438. The van der Waals surface area contributed by atoms with Crippen molar-refractivity contribution in [3.8, 4) is 0 Å². The van der Waals surface area contributed by atoms with Crippen molar-refractivity contribution < 1.29 is 23.1 Å². The molecule has 2 fully saturated rings. The van der Waals surface area contributed by atoms with Gasteiger partial charge in [0.2, 0.25) is 5.91 Å². The number of benzene rings is 1. The first-order valence-corrected chi connectivity index (χ1v) is 8.41. The van der Waals surface area contributed by atoms with E-state index in [-0.39, 0.29) is 11.9 Å². The maximum atomic E-state index is 12.8. The zero-order chi connectivity index (χ0) is 18.0. The first-order valence-electron chi connectivity index (χ1n) is 8.41. The number of halogens is 3. The number of aliphatic hydroxyl groups is 1. The lowest BCUT2D eigenvalue weighted by atomic mass is 10.1. The van der Waals surface area contributed by atoms with Crippen LogP contribution in [0.5, 0.6) is 0 Å². The number of β-amino-alcohol motifs (C(OH)–C–C–N with tert-alkyl or cyclic N) is 1. The van der Waals surface area contributed by atoms with Crippen LogP contribution >= 0.6 is 0 Å². The number of carbonyl (C=O) groups is 1. The van der Waals surface area contributed by atoms with Crippen LogP contribution in [0.1, 0.15) is 17.5 Å². The Hall–Kier alpha value is -1.64. The van der Waals surface area contributed by atoms with Crippen LogP contribution in [0.4, 0.5) is 13.2 Å². The van der Waals surface area contributed by atoms with E-state index in [4.69, 9.17) is 0 Å². The van der Waals surface area contributed by atoms with Gasteiger partial charge in [0.1, 0.15) is 0 Å². The number of piperazine rings is 1. The molecule has 0 aliphatic carbocycles. The van der Waals surface area contributed by atoms with Crippen molar-refractivity contribution in [1.82, 2.24) is 15.1 Å². The van der Waals surface area contributed by atoms with Gasteiger partial charge in [0.05, 0.1) is 17.7 Å². The fourth-order valence-electron chi connectivity index (χ4n) is 3.36. The number of hydrogen-bond donors (Lipinski definition) is 2. The smallest absolute Gasteiger partial charge is 0.392 e. The largest absolute Gasteiger partial charge is 0.416 e. The van der Waals surface area contributed by atoms with E-state index in [1.165, 1.54) is 12.1 Å². The van der Waals surface area contributed by atoms with Crippen LogP contribution in [0.2, 0.25) is 0 Å². The van der Waals surface area contributed by atoms with Gasteiger partial charge in [-0.25, -0.2) is 0 Å². The summed E-state index contributed by atoms with van der Waals surface area (Å²) >= 11 is 0. The highest BCUT2D eigenvalue weighted by molar-refractivity contribution is 5.82. The normalized spacial score (nSPS) is 25.4. The molecule has 2 aliphatic heterocycles. The monoisotopic (exact) mass is 357 g/mol. The van der Waals surface area contributed by atoms with E-state index < -0.39 is 17.8 Å². The van der Waals surface area contributed by atoms with E-state index in [0.29, 0.717) is 51.3 Å². The molecule has 2 N–H and O–H groups in total. The molecule has 2 aliphatic rings. The van der Waals surface area contributed by atoms with Gasteiger partial charge in [0.15, 0.2) is 0 Å². The first kappa shape index (κ1) is 18.2. The predicted octanol–water partition coefficient (Wildman–Crippen LogP) is 1.07. The highest BCUT2D eigenvalue weighted by atomic mass is 19.4. The third kappa shape index (κ3) is 4.50. The highest BCUT2D eigenvalue weighted by Gasteiger charge is 2.33. The number of amides is 1. The lowest BCUT2D eigenvalue weighted by Crippen LogP contribution is -2.52. The van der Waals surface area contributed by atoms with Crippen LogP contribution in [0.3, 0.4) is 0 Å². The third-order valence-corrected chi connectivity index (χ3v) is 4.75. The molecule has 1 amide bonds. The lowest BCUT2D eigenvalue weighted by Gasteiger charge is -2.36. The van der Waals surface area contributed by atoms with Gasteiger partial charge >= 0.3 is 6.18 Å². The molecular weight excluding hydrogens is 335 g/mol. The Balaban J connectivity index is 1.52. The van der Waals surface area contributed by atoms with Gasteiger partial charge in [-0.3, -0.25) is 9.69 Å². The highest BCUT2D eigenvalue weighted by Crippen LogP contribution is 2.29. The van der Waals surface area contributed by atoms with Gasteiger partial charge in [0, 0.05) is 39.3 Å². The van der Waals surface area contributed by atoms with E-state index in [0.717, 1.165) is 6.07 Å². The average molecular weight is 357 g/mol. The van der Waals surface area contributed by atoms with Gasteiger partial charge in [-0.15, -0.1) is 0 Å². The molecule has 1 aromatic rings. The molecule has 2 heterocycles. The molecule has 0 bridgehead atoms. The number of alkyl halides is 3. The summed E-state index contributed by atoms with van der Waals surface area (Å²) in [6.07, 6.45) is -4.38. The summed E-state index contributed by atoms with van der Waals surface area (Å²) in [6, 6.07) is 5.04. The number of nitrogens with one attached hydrogen (secondary N) is 1. The van der Waals surface area contributed by atoms with Crippen molar-refractivity contribution in [2.75, 3.05) is 32.7 Å². The Kier molecular flexibility index (Phi) is 5.31. The van der Waals surface area contributed by atoms with Crippen LogP contribution in [0.15, 0.2) is 24.3 Å². The van der Waals surface area contributed by atoms with Gasteiger partial charge < -0.3 is 15.3 Å². The topological polar surface area (TPSA) is 55.8 Å². The molecule has 3 rings (SSSR count). The number of hydrogen-bond acceptors (Lipinski definition) is 4. The summed E-state index contributed by atoms with van der Waals surface area (Å²) in [7, 11) is 0. The second-order valence-electron chi connectivity index (χ2n) is 6.65. The van der Waals surface area contributed by atoms with Crippen LogP contribution in [0, 0.1) is 0 Å². The summed E-state index contributed by atoms with van der Waals surface area (Å²) < 4.78 is 38.3.